The lowest BCUT2D eigenvalue weighted by atomic mass is 10.1. The van der Waals surface area contributed by atoms with Crippen LogP contribution in [0.1, 0.15) is 35.8 Å². The number of carboxylic acid groups (broad SMARTS) is 1. The maximum absolute atomic E-state index is 10.5. The zero-order valence-corrected chi connectivity index (χ0v) is 8.51. The number of likely N-dealkylation sites (N-methyl/N-ethyl adjacent to an activating group) is 1. The van der Waals surface area contributed by atoms with Crippen molar-refractivity contribution < 1.29 is 14.4 Å². The maximum Gasteiger partial charge on any atom is 0.394 e. The van der Waals surface area contributed by atoms with Crippen LogP contribution in [-0.4, -0.2) is 45.8 Å². The molecule has 2 heterocycles. The van der Waals surface area contributed by atoms with E-state index in [4.69, 9.17) is 5.11 Å². The number of carbonyl (C=O) groups is 1. The van der Waals surface area contributed by atoms with Crippen LogP contribution in [0.4, 0.5) is 0 Å². The van der Waals surface area contributed by atoms with Crippen molar-refractivity contribution in [2.24, 2.45) is 0 Å². The number of aromatic nitrogens is 2. The van der Waals surface area contributed by atoms with Crippen LogP contribution >= 0.6 is 0 Å². The van der Waals surface area contributed by atoms with Gasteiger partial charge < -0.3 is 14.5 Å². The van der Waals surface area contributed by atoms with Gasteiger partial charge in [0, 0.05) is 12.5 Å². The van der Waals surface area contributed by atoms with Gasteiger partial charge in [-0.15, -0.1) is 0 Å². The molecular formula is C9H13N3O3. The third-order valence-corrected chi connectivity index (χ3v) is 2.71. The molecule has 1 saturated heterocycles. The van der Waals surface area contributed by atoms with E-state index in [0.29, 0.717) is 5.82 Å². The second-order valence-electron chi connectivity index (χ2n) is 3.64. The van der Waals surface area contributed by atoms with Gasteiger partial charge in [-0.3, -0.25) is 0 Å². The minimum atomic E-state index is -1.17. The van der Waals surface area contributed by atoms with Crippen LogP contribution in [0.5, 0.6) is 0 Å². The van der Waals surface area contributed by atoms with Crippen LogP contribution < -0.4 is 0 Å². The number of hydrogen-bond acceptors (Lipinski definition) is 5. The maximum atomic E-state index is 10.5. The van der Waals surface area contributed by atoms with Crippen molar-refractivity contribution in [3.63, 3.8) is 0 Å². The summed E-state index contributed by atoms with van der Waals surface area (Å²) in [4.78, 5) is 16.7. The summed E-state index contributed by atoms with van der Waals surface area (Å²) in [6.07, 6.45) is 0.965. The van der Waals surface area contributed by atoms with Crippen LogP contribution in [-0.2, 0) is 0 Å². The predicted octanol–water partition coefficient (Wildman–Crippen LogP) is 0.577. The van der Waals surface area contributed by atoms with Gasteiger partial charge in [0.25, 0.3) is 0 Å². The molecule has 1 aliphatic rings. The average Bonchev–Trinajstić information content (AvgIpc) is 2.86. The van der Waals surface area contributed by atoms with E-state index < -0.39 is 5.97 Å². The van der Waals surface area contributed by atoms with Gasteiger partial charge in [0.15, 0.2) is 5.82 Å². The van der Waals surface area contributed by atoms with Gasteiger partial charge in [0.2, 0.25) is 0 Å². The molecule has 0 radical (unpaired) electrons. The van der Waals surface area contributed by atoms with E-state index >= 15 is 0 Å². The van der Waals surface area contributed by atoms with E-state index in [1.807, 2.05) is 0 Å². The van der Waals surface area contributed by atoms with Crippen LogP contribution in [0.15, 0.2) is 4.52 Å². The molecule has 1 N–H and O–H groups in total. The van der Waals surface area contributed by atoms with Crippen molar-refractivity contribution in [1.29, 1.82) is 0 Å². The highest BCUT2D eigenvalue weighted by atomic mass is 16.5. The highest BCUT2D eigenvalue weighted by Crippen LogP contribution is 2.24. The zero-order valence-electron chi connectivity index (χ0n) is 8.51. The van der Waals surface area contributed by atoms with Gasteiger partial charge in [0.1, 0.15) is 0 Å². The summed E-state index contributed by atoms with van der Waals surface area (Å²) in [5, 5.41) is 12.3. The lowest BCUT2D eigenvalue weighted by Crippen LogP contribution is -2.19. The molecular weight excluding hydrogens is 198 g/mol. The van der Waals surface area contributed by atoms with Crippen molar-refractivity contribution in [3.05, 3.63) is 11.7 Å². The van der Waals surface area contributed by atoms with E-state index in [1.54, 1.807) is 0 Å². The minimum absolute atomic E-state index is 0.210. The number of aromatic carboxylic acids is 1. The molecule has 1 aromatic rings. The number of hydrogen-bond donors (Lipinski definition) is 1. The fourth-order valence-corrected chi connectivity index (χ4v) is 1.82. The minimum Gasteiger partial charge on any atom is -0.474 e. The highest BCUT2D eigenvalue weighted by Gasteiger charge is 2.27. The first-order valence-corrected chi connectivity index (χ1v) is 5.00. The van der Waals surface area contributed by atoms with Gasteiger partial charge in [-0.25, -0.2) is 4.79 Å². The second-order valence-corrected chi connectivity index (χ2v) is 3.64. The van der Waals surface area contributed by atoms with E-state index in [1.165, 1.54) is 0 Å². The Hall–Kier alpha value is -1.43. The highest BCUT2D eigenvalue weighted by molar-refractivity contribution is 5.81. The molecule has 1 atom stereocenters. The Morgan fingerprint density at radius 2 is 2.53 bits per heavy atom. The van der Waals surface area contributed by atoms with Crippen molar-refractivity contribution in [1.82, 2.24) is 15.0 Å². The Bertz CT molecular complexity index is 363. The van der Waals surface area contributed by atoms with Crippen LogP contribution in [0, 0.1) is 0 Å². The molecule has 1 aliphatic heterocycles. The average molecular weight is 211 g/mol. The molecule has 1 unspecified atom stereocenters. The number of rotatable bonds is 3. The van der Waals surface area contributed by atoms with E-state index in [-0.39, 0.29) is 11.8 Å². The molecule has 6 nitrogen and oxygen atoms in total. The topological polar surface area (TPSA) is 79.5 Å². The first-order valence-electron chi connectivity index (χ1n) is 5.00. The summed E-state index contributed by atoms with van der Waals surface area (Å²) in [5.41, 5.74) is 0. The Balaban J connectivity index is 2.07. The molecule has 0 amide bonds. The van der Waals surface area contributed by atoms with Gasteiger partial charge in [-0.2, -0.15) is 4.98 Å². The molecule has 0 spiro atoms. The lowest BCUT2D eigenvalue weighted by molar-refractivity contribution is 0.0643. The standard InChI is InChI=1S/C9H13N3O3/c1-2-12-4-3-6(5-12)7-10-8(9(13)14)15-11-7/h6H,2-5H2,1H3,(H,13,14). The molecule has 0 aliphatic carbocycles. The summed E-state index contributed by atoms with van der Waals surface area (Å²) >= 11 is 0. The largest absolute Gasteiger partial charge is 0.474 e. The monoisotopic (exact) mass is 211 g/mol. The lowest BCUT2D eigenvalue weighted by Gasteiger charge is -2.10. The Morgan fingerprint density at radius 3 is 3.07 bits per heavy atom. The molecule has 82 valence electrons. The molecule has 6 heteroatoms. The van der Waals surface area contributed by atoms with Crippen LogP contribution in [0.3, 0.4) is 0 Å². The van der Waals surface area contributed by atoms with Gasteiger partial charge in [-0.05, 0) is 19.5 Å². The third-order valence-electron chi connectivity index (χ3n) is 2.71. The van der Waals surface area contributed by atoms with Crippen LogP contribution in [0.25, 0.3) is 0 Å². The SMILES string of the molecule is CCN1CCC(c2noc(C(=O)O)n2)C1. The normalized spacial score (nSPS) is 22.1. The summed E-state index contributed by atoms with van der Waals surface area (Å²) in [7, 11) is 0. The first kappa shape index (κ1) is 10.1. The van der Waals surface area contributed by atoms with Crippen molar-refractivity contribution in [2.45, 2.75) is 19.3 Å². The second kappa shape index (κ2) is 3.98. The van der Waals surface area contributed by atoms with E-state index in [9.17, 15) is 4.79 Å². The van der Waals surface area contributed by atoms with Crippen molar-refractivity contribution >= 4 is 5.97 Å². The molecule has 2 rings (SSSR count). The molecule has 0 bridgehead atoms. The Labute approximate surface area is 86.9 Å². The fourth-order valence-electron chi connectivity index (χ4n) is 1.82. The van der Waals surface area contributed by atoms with E-state index in [0.717, 1.165) is 26.1 Å². The predicted molar refractivity (Wildman–Crippen MR) is 50.7 cm³/mol. The van der Waals surface area contributed by atoms with Gasteiger partial charge in [-0.1, -0.05) is 12.1 Å². The molecule has 1 aromatic heterocycles. The fraction of sp³-hybridized carbons (Fsp3) is 0.667. The molecule has 0 aromatic carbocycles. The molecule has 1 fully saturated rings. The summed E-state index contributed by atoms with van der Waals surface area (Å²) < 4.78 is 4.63. The van der Waals surface area contributed by atoms with Crippen molar-refractivity contribution in [2.75, 3.05) is 19.6 Å². The van der Waals surface area contributed by atoms with E-state index in [2.05, 4.69) is 26.5 Å². The Kier molecular flexibility index (Phi) is 2.68. The third kappa shape index (κ3) is 1.99. The summed E-state index contributed by atoms with van der Waals surface area (Å²) in [6.45, 7) is 4.99. The zero-order chi connectivity index (χ0) is 10.8. The van der Waals surface area contributed by atoms with Gasteiger partial charge >= 0.3 is 11.9 Å². The molecule has 15 heavy (non-hydrogen) atoms. The molecule has 0 saturated carbocycles. The number of likely N-dealkylation sites (tertiary alicyclic amines) is 1. The summed E-state index contributed by atoms with van der Waals surface area (Å²) in [5.74, 6) is -0.760. The Morgan fingerprint density at radius 1 is 1.73 bits per heavy atom. The van der Waals surface area contributed by atoms with Gasteiger partial charge in [0.05, 0.1) is 0 Å². The number of nitrogens with zero attached hydrogens (tertiary/aromatic N) is 3. The smallest absolute Gasteiger partial charge is 0.394 e. The quantitative estimate of drug-likeness (QED) is 0.787. The number of carboxylic acids is 1. The van der Waals surface area contributed by atoms with Crippen LogP contribution in [0.2, 0.25) is 0 Å². The first-order chi connectivity index (χ1) is 7.20. The van der Waals surface area contributed by atoms with Crippen molar-refractivity contribution in [3.8, 4) is 0 Å². The summed E-state index contributed by atoms with van der Waals surface area (Å²) in [6, 6.07) is 0.